The third-order valence-electron chi connectivity index (χ3n) is 6.69. The zero-order valence-corrected chi connectivity index (χ0v) is 17.1. The van der Waals surface area contributed by atoms with Crippen molar-refractivity contribution in [3.8, 4) is 0 Å². The zero-order chi connectivity index (χ0) is 20.3. The molecule has 2 saturated carbocycles. The lowest BCUT2D eigenvalue weighted by Crippen LogP contribution is -2.56. The summed E-state index contributed by atoms with van der Waals surface area (Å²) in [6.07, 6.45) is 9.21. The highest BCUT2D eigenvalue weighted by Crippen LogP contribution is 2.29. The standard InChI is InChI=1S/C22H32N2O4/c1-15-13-18(19(25)23-22(21(27)28)11-7-4-8-12-22)20(26)24(16(15)2)14-17-9-5-3-6-10-17/h13,17H,3-12,14H2,1-2H3,(H,23,25)(H,27,28). The molecule has 6 heteroatoms. The number of carbonyl (C=O) groups excluding carboxylic acids is 1. The number of hydrogen-bond acceptors (Lipinski definition) is 3. The maximum Gasteiger partial charge on any atom is 0.329 e. The normalized spacial score (nSPS) is 19.9. The maximum absolute atomic E-state index is 13.1. The molecule has 3 rings (SSSR count). The number of nitrogens with zero attached hydrogens (tertiary/aromatic N) is 1. The van der Waals surface area contributed by atoms with Crippen molar-refractivity contribution >= 4 is 11.9 Å². The van der Waals surface area contributed by atoms with Crippen molar-refractivity contribution in [1.29, 1.82) is 0 Å². The largest absolute Gasteiger partial charge is 0.480 e. The van der Waals surface area contributed by atoms with Gasteiger partial charge in [-0.15, -0.1) is 0 Å². The maximum atomic E-state index is 13.1. The fraction of sp³-hybridized carbons (Fsp3) is 0.682. The Morgan fingerprint density at radius 2 is 1.71 bits per heavy atom. The van der Waals surface area contributed by atoms with Gasteiger partial charge in [-0.25, -0.2) is 4.79 Å². The van der Waals surface area contributed by atoms with Crippen molar-refractivity contribution in [3.05, 3.63) is 33.2 Å². The molecule has 2 N–H and O–H groups in total. The fourth-order valence-corrected chi connectivity index (χ4v) is 4.74. The summed E-state index contributed by atoms with van der Waals surface area (Å²) in [6, 6.07) is 1.61. The topological polar surface area (TPSA) is 88.4 Å². The number of nitrogens with one attached hydrogen (secondary N) is 1. The Morgan fingerprint density at radius 3 is 2.32 bits per heavy atom. The summed E-state index contributed by atoms with van der Waals surface area (Å²) in [4.78, 5) is 38.0. The Kier molecular flexibility index (Phi) is 6.26. The summed E-state index contributed by atoms with van der Waals surface area (Å²) in [5, 5.41) is 12.4. The number of carboxylic acids is 1. The highest BCUT2D eigenvalue weighted by Gasteiger charge is 2.41. The van der Waals surface area contributed by atoms with E-state index in [0.29, 0.717) is 25.3 Å². The van der Waals surface area contributed by atoms with Gasteiger partial charge < -0.3 is 15.0 Å². The molecule has 2 fully saturated rings. The van der Waals surface area contributed by atoms with Gasteiger partial charge in [-0.05, 0) is 57.1 Å². The van der Waals surface area contributed by atoms with Crippen LogP contribution in [0.5, 0.6) is 0 Å². The van der Waals surface area contributed by atoms with Gasteiger partial charge in [0, 0.05) is 12.2 Å². The second-order valence-corrected chi connectivity index (χ2v) is 8.65. The average Bonchev–Trinajstić information content (AvgIpc) is 2.69. The van der Waals surface area contributed by atoms with Crippen molar-refractivity contribution in [2.75, 3.05) is 0 Å². The van der Waals surface area contributed by atoms with Crippen LogP contribution >= 0.6 is 0 Å². The number of hydrogen-bond donors (Lipinski definition) is 2. The van der Waals surface area contributed by atoms with E-state index in [4.69, 9.17) is 0 Å². The van der Waals surface area contributed by atoms with Crippen LogP contribution in [0.3, 0.4) is 0 Å². The molecule has 1 aromatic rings. The quantitative estimate of drug-likeness (QED) is 0.807. The molecule has 1 amide bonds. The van der Waals surface area contributed by atoms with E-state index in [2.05, 4.69) is 5.32 Å². The minimum atomic E-state index is -1.26. The third kappa shape index (κ3) is 4.15. The number of rotatable bonds is 5. The van der Waals surface area contributed by atoms with Crippen LogP contribution in [0.2, 0.25) is 0 Å². The summed E-state index contributed by atoms with van der Waals surface area (Å²) in [7, 11) is 0. The molecule has 1 heterocycles. The smallest absolute Gasteiger partial charge is 0.329 e. The molecule has 0 saturated heterocycles. The molecule has 28 heavy (non-hydrogen) atoms. The third-order valence-corrected chi connectivity index (χ3v) is 6.69. The van der Waals surface area contributed by atoms with Crippen molar-refractivity contribution in [2.24, 2.45) is 5.92 Å². The molecule has 0 atom stereocenters. The fourth-order valence-electron chi connectivity index (χ4n) is 4.74. The molecule has 2 aliphatic carbocycles. The molecule has 2 aliphatic rings. The monoisotopic (exact) mass is 388 g/mol. The first-order valence-electron chi connectivity index (χ1n) is 10.6. The Hall–Kier alpha value is -2.11. The molecule has 0 aromatic carbocycles. The van der Waals surface area contributed by atoms with Crippen LogP contribution in [0, 0.1) is 19.8 Å². The van der Waals surface area contributed by atoms with Gasteiger partial charge >= 0.3 is 5.97 Å². The zero-order valence-electron chi connectivity index (χ0n) is 17.1. The highest BCUT2D eigenvalue weighted by molar-refractivity contribution is 5.97. The minimum absolute atomic E-state index is 0.0603. The van der Waals surface area contributed by atoms with Gasteiger partial charge in [0.2, 0.25) is 0 Å². The number of aryl methyl sites for hydroxylation is 1. The van der Waals surface area contributed by atoms with Crippen LogP contribution < -0.4 is 10.9 Å². The van der Waals surface area contributed by atoms with E-state index < -0.39 is 17.4 Å². The van der Waals surface area contributed by atoms with Crippen molar-refractivity contribution in [2.45, 2.75) is 90.1 Å². The van der Waals surface area contributed by atoms with E-state index in [0.717, 1.165) is 43.4 Å². The van der Waals surface area contributed by atoms with Gasteiger partial charge in [-0.1, -0.05) is 38.5 Å². The second kappa shape index (κ2) is 8.50. The first kappa shape index (κ1) is 20.6. The molecule has 0 spiro atoms. The van der Waals surface area contributed by atoms with Gasteiger partial charge in [-0.3, -0.25) is 9.59 Å². The molecule has 154 valence electrons. The molecular weight excluding hydrogens is 356 g/mol. The number of pyridine rings is 1. The molecular formula is C22H32N2O4. The highest BCUT2D eigenvalue weighted by atomic mass is 16.4. The molecule has 0 radical (unpaired) electrons. The summed E-state index contributed by atoms with van der Waals surface area (Å²) in [6.45, 7) is 4.45. The van der Waals surface area contributed by atoms with Crippen LogP contribution in [0.1, 0.15) is 85.8 Å². The summed E-state index contributed by atoms with van der Waals surface area (Å²) in [5.74, 6) is -1.10. The van der Waals surface area contributed by atoms with Gasteiger partial charge in [0.05, 0.1) is 0 Å². The molecule has 0 aliphatic heterocycles. The van der Waals surface area contributed by atoms with E-state index in [1.165, 1.54) is 19.3 Å². The van der Waals surface area contributed by atoms with Crippen LogP contribution in [0.4, 0.5) is 0 Å². The summed E-state index contributed by atoms with van der Waals surface area (Å²) in [5.41, 5.74) is 0.272. The van der Waals surface area contributed by atoms with Crippen molar-refractivity contribution in [3.63, 3.8) is 0 Å². The first-order valence-corrected chi connectivity index (χ1v) is 10.6. The predicted octanol–water partition coefficient (Wildman–Crippen LogP) is 3.56. The molecule has 1 aromatic heterocycles. The summed E-state index contributed by atoms with van der Waals surface area (Å²) >= 11 is 0. The van der Waals surface area contributed by atoms with Gasteiger partial charge in [0.1, 0.15) is 11.1 Å². The Balaban J connectivity index is 1.89. The van der Waals surface area contributed by atoms with Gasteiger partial charge in [-0.2, -0.15) is 0 Å². The Morgan fingerprint density at radius 1 is 1.11 bits per heavy atom. The van der Waals surface area contributed by atoms with E-state index in [-0.39, 0.29) is 11.1 Å². The lowest BCUT2D eigenvalue weighted by atomic mass is 9.81. The number of aliphatic carboxylic acids is 1. The van der Waals surface area contributed by atoms with Crippen LogP contribution in [0.15, 0.2) is 10.9 Å². The van der Waals surface area contributed by atoms with E-state index in [1.54, 1.807) is 10.6 Å². The second-order valence-electron chi connectivity index (χ2n) is 8.65. The minimum Gasteiger partial charge on any atom is -0.480 e. The Bertz CT molecular complexity index is 799. The lowest BCUT2D eigenvalue weighted by molar-refractivity contribution is -0.145. The van der Waals surface area contributed by atoms with Crippen molar-refractivity contribution in [1.82, 2.24) is 9.88 Å². The Labute approximate surface area is 166 Å². The lowest BCUT2D eigenvalue weighted by Gasteiger charge is -2.34. The van der Waals surface area contributed by atoms with Crippen LogP contribution in [-0.4, -0.2) is 27.1 Å². The number of carbonyl (C=O) groups is 2. The van der Waals surface area contributed by atoms with E-state index in [9.17, 15) is 19.5 Å². The number of amides is 1. The molecule has 0 unspecified atom stereocenters. The average molecular weight is 389 g/mol. The number of carboxylic acid groups (broad SMARTS) is 1. The summed E-state index contributed by atoms with van der Waals surface area (Å²) < 4.78 is 1.73. The van der Waals surface area contributed by atoms with Crippen molar-refractivity contribution < 1.29 is 14.7 Å². The van der Waals surface area contributed by atoms with E-state index in [1.807, 2.05) is 13.8 Å². The van der Waals surface area contributed by atoms with Crippen LogP contribution in [0.25, 0.3) is 0 Å². The molecule has 0 bridgehead atoms. The predicted molar refractivity (Wildman–Crippen MR) is 108 cm³/mol. The van der Waals surface area contributed by atoms with E-state index >= 15 is 0 Å². The number of aromatic nitrogens is 1. The van der Waals surface area contributed by atoms with Crippen LogP contribution in [-0.2, 0) is 11.3 Å². The van der Waals surface area contributed by atoms with Gasteiger partial charge in [0.15, 0.2) is 0 Å². The van der Waals surface area contributed by atoms with Gasteiger partial charge in [0.25, 0.3) is 11.5 Å². The SMILES string of the molecule is Cc1cc(C(=O)NC2(C(=O)O)CCCCC2)c(=O)n(CC2CCCCC2)c1C. The molecule has 6 nitrogen and oxygen atoms in total. The first-order chi connectivity index (χ1) is 13.3.